The molecule has 0 unspecified atom stereocenters. The van der Waals surface area contributed by atoms with E-state index in [1.54, 1.807) is 20.3 Å². The molecule has 1 aliphatic heterocycles. The molecule has 0 atom stereocenters. The summed E-state index contributed by atoms with van der Waals surface area (Å²) in [6.45, 7) is 0. The molecule has 5 heteroatoms. The van der Waals surface area contributed by atoms with E-state index in [9.17, 15) is 5.11 Å². The second-order valence-electron chi connectivity index (χ2n) is 5.68. The van der Waals surface area contributed by atoms with Crippen molar-refractivity contribution in [2.75, 3.05) is 25.7 Å². The Hall–Kier alpha value is -1.46. The summed E-state index contributed by atoms with van der Waals surface area (Å²) in [6, 6.07) is 14.2. The van der Waals surface area contributed by atoms with Crippen molar-refractivity contribution in [1.82, 2.24) is 0 Å². The molecule has 1 fully saturated rings. The minimum atomic E-state index is -0.0889. The standard InChI is InChI=1S/C19H22O3S2/c1-21-16-11-14(18(20)17(12-16)22-2)13-19(23-9-6-10-24-19)15-7-4-3-5-8-15/h3-5,7-8,11-12,20H,6,9-10,13H2,1-2H3. The van der Waals surface area contributed by atoms with Crippen molar-refractivity contribution >= 4 is 23.5 Å². The highest BCUT2D eigenvalue weighted by Crippen LogP contribution is 2.53. The van der Waals surface area contributed by atoms with Crippen LogP contribution >= 0.6 is 23.5 Å². The van der Waals surface area contributed by atoms with Crippen LogP contribution < -0.4 is 9.47 Å². The van der Waals surface area contributed by atoms with Crippen LogP contribution in [-0.2, 0) is 10.5 Å². The van der Waals surface area contributed by atoms with E-state index in [0.717, 1.165) is 23.5 Å². The number of phenolic OH excluding ortho intramolecular Hbond substituents is 1. The summed E-state index contributed by atoms with van der Waals surface area (Å²) in [7, 11) is 3.20. The predicted molar refractivity (Wildman–Crippen MR) is 103 cm³/mol. The molecule has 3 nitrogen and oxygen atoms in total. The predicted octanol–water partition coefficient (Wildman–Crippen LogP) is 4.68. The molecule has 0 bridgehead atoms. The van der Waals surface area contributed by atoms with Gasteiger partial charge < -0.3 is 14.6 Å². The summed E-state index contributed by atoms with van der Waals surface area (Å²) in [5.74, 6) is 3.63. The van der Waals surface area contributed by atoms with Crippen LogP contribution in [0.3, 0.4) is 0 Å². The molecule has 0 saturated carbocycles. The third-order valence-corrected chi connectivity index (χ3v) is 7.56. The largest absolute Gasteiger partial charge is 0.504 e. The van der Waals surface area contributed by atoms with E-state index in [-0.39, 0.29) is 9.83 Å². The first-order valence-electron chi connectivity index (χ1n) is 7.96. The molecule has 1 saturated heterocycles. The third kappa shape index (κ3) is 3.47. The second kappa shape index (κ2) is 7.62. The molecule has 24 heavy (non-hydrogen) atoms. The average Bonchev–Trinajstić information content (AvgIpc) is 2.65. The maximum atomic E-state index is 10.6. The Balaban J connectivity index is 2.02. The monoisotopic (exact) mass is 362 g/mol. The summed E-state index contributed by atoms with van der Waals surface area (Å²) in [5, 5.41) is 10.6. The minimum Gasteiger partial charge on any atom is -0.504 e. The summed E-state index contributed by atoms with van der Waals surface area (Å²) >= 11 is 3.93. The molecule has 0 radical (unpaired) electrons. The van der Waals surface area contributed by atoms with E-state index in [2.05, 4.69) is 24.3 Å². The van der Waals surface area contributed by atoms with Gasteiger partial charge in [0.2, 0.25) is 0 Å². The Labute approximate surface area is 151 Å². The Kier molecular flexibility index (Phi) is 5.51. The molecule has 0 aromatic heterocycles. The van der Waals surface area contributed by atoms with Gasteiger partial charge in [0.15, 0.2) is 11.5 Å². The zero-order valence-corrected chi connectivity index (χ0v) is 15.6. The third-order valence-electron chi connectivity index (χ3n) is 4.18. The first kappa shape index (κ1) is 17.4. The highest BCUT2D eigenvalue weighted by atomic mass is 32.2. The van der Waals surface area contributed by atoms with Crippen molar-refractivity contribution in [2.24, 2.45) is 0 Å². The van der Waals surface area contributed by atoms with Gasteiger partial charge in [-0.15, -0.1) is 23.5 Å². The first-order valence-corrected chi connectivity index (χ1v) is 9.93. The van der Waals surface area contributed by atoms with Crippen LogP contribution in [0.5, 0.6) is 17.2 Å². The van der Waals surface area contributed by atoms with E-state index >= 15 is 0 Å². The number of rotatable bonds is 5. The van der Waals surface area contributed by atoms with Crippen LogP contribution in [-0.4, -0.2) is 30.8 Å². The smallest absolute Gasteiger partial charge is 0.164 e. The Bertz CT molecular complexity index is 683. The molecule has 2 aromatic carbocycles. The van der Waals surface area contributed by atoms with Gasteiger partial charge in [0, 0.05) is 18.1 Å². The molecular formula is C19H22O3S2. The van der Waals surface area contributed by atoms with Gasteiger partial charge in [0.05, 0.1) is 18.3 Å². The zero-order valence-electron chi connectivity index (χ0n) is 14.0. The van der Waals surface area contributed by atoms with Gasteiger partial charge in [0.25, 0.3) is 0 Å². The minimum absolute atomic E-state index is 0.0889. The Morgan fingerprint density at radius 3 is 2.38 bits per heavy atom. The Morgan fingerprint density at radius 1 is 1.04 bits per heavy atom. The number of ether oxygens (including phenoxy) is 2. The summed E-state index contributed by atoms with van der Waals surface area (Å²) in [4.78, 5) is 0. The fourth-order valence-corrected chi connectivity index (χ4v) is 6.31. The number of hydrogen-bond acceptors (Lipinski definition) is 5. The van der Waals surface area contributed by atoms with Crippen molar-refractivity contribution in [1.29, 1.82) is 0 Å². The number of phenols is 1. The molecule has 2 aromatic rings. The van der Waals surface area contributed by atoms with Gasteiger partial charge in [-0.05, 0) is 29.6 Å². The van der Waals surface area contributed by atoms with E-state index < -0.39 is 0 Å². The summed E-state index contributed by atoms with van der Waals surface area (Å²) in [6.07, 6.45) is 1.95. The topological polar surface area (TPSA) is 38.7 Å². The molecule has 1 N–H and O–H groups in total. The normalized spacial score (nSPS) is 16.6. The van der Waals surface area contributed by atoms with Crippen LogP contribution in [0.4, 0.5) is 0 Å². The fourth-order valence-electron chi connectivity index (χ4n) is 2.93. The van der Waals surface area contributed by atoms with Crippen LogP contribution in [0.1, 0.15) is 17.5 Å². The number of thioether (sulfide) groups is 2. The highest BCUT2D eigenvalue weighted by Gasteiger charge is 2.37. The zero-order chi connectivity index (χ0) is 17.0. The molecule has 1 aliphatic rings. The van der Waals surface area contributed by atoms with E-state index in [1.807, 2.05) is 35.7 Å². The quantitative estimate of drug-likeness (QED) is 0.836. The molecule has 0 aliphatic carbocycles. The van der Waals surface area contributed by atoms with Crippen LogP contribution in [0.15, 0.2) is 42.5 Å². The Morgan fingerprint density at radius 2 is 1.75 bits per heavy atom. The average molecular weight is 363 g/mol. The number of hydrogen-bond donors (Lipinski definition) is 1. The maximum absolute atomic E-state index is 10.6. The lowest BCUT2D eigenvalue weighted by molar-refractivity contribution is 0.361. The van der Waals surface area contributed by atoms with Gasteiger partial charge in [-0.3, -0.25) is 0 Å². The van der Waals surface area contributed by atoms with Gasteiger partial charge in [-0.1, -0.05) is 30.3 Å². The fraction of sp³-hybridized carbons (Fsp3) is 0.368. The molecule has 1 heterocycles. The summed E-state index contributed by atoms with van der Waals surface area (Å²) in [5.41, 5.74) is 2.15. The molecule has 0 amide bonds. The molecule has 128 valence electrons. The molecular weight excluding hydrogens is 340 g/mol. The lowest BCUT2D eigenvalue weighted by Gasteiger charge is -2.37. The lowest BCUT2D eigenvalue weighted by Crippen LogP contribution is -2.25. The van der Waals surface area contributed by atoms with E-state index in [0.29, 0.717) is 11.5 Å². The van der Waals surface area contributed by atoms with Crippen LogP contribution in [0.2, 0.25) is 0 Å². The number of aromatic hydroxyl groups is 1. The van der Waals surface area contributed by atoms with Gasteiger partial charge in [-0.2, -0.15) is 0 Å². The van der Waals surface area contributed by atoms with Crippen molar-refractivity contribution in [2.45, 2.75) is 16.9 Å². The van der Waals surface area contributed by atoms with Crippen LogP contribution in [0.25, 0.3) is 0 Å². The highest BCUT2D eigenvalue weighted by molar-refractivity contribution is 8.18. The van der Waals surface area contributed by atoms with Gasteiger partial charge in [0.1, 0.15) is 5.75 Å². The summed E-state index contributed by atoms with van der Waals surface area (Å²) < 4.78 is 10.6. The van der Waals surface area contributed by atoms with Crippen molar-refractivity contribution in [3.63, 3.8) is 0 Å². The van der Waals surface area contributed by atoms with Gasteiger partial charge >= 0.3 is 0 Å². The van der Waals surface area contributed by atoms with E-state index in [4.69, 9.17) is 9.47 Å². The molecule has 0 spiro atoms. The SMILES string of the molecule is COc1cc(CC2(c3ccccc3)SCCCS2)c(O)c(OC)c1. The number of methoxy groups -OCH3 is 2. The van der Waals surface area contributed by atoms with Crippen LogP contribution in [0, 0.1) is 0 Å². The van der Waals surface area contributed by atoms with Gasteiger partial charge in [-0.25, -0.2) is 0 Å². The first-order chi connectivity index (χ1) is 11.7. The number of benzene rings is 2. The van der Waals surface area contributed by atoms with Crippen molar-refractivity contribution < 1.29 is 14.6 Å². The maximum Gasteiger partial charge on any atom is 0.164 e. The van der Waals surface area contributed by atoms with Crippen molar-refractivity contribution in [3.05, 3.63) is 53.6 Å². The van der Waals surface area contributed by atoms with E-state index in [1.165, 1.54) is 12.0 Å². The lowest BCUT2D eigenvalue weighted by atomic mass is 10.0. The second-order valence-corrected chi connectivity index (χ2v) is 8.73. The van der Waals surface area contributed by atoms with Crippen molar-refractivity contribution in [3.8, 4) is 17.2 Å². The molecule has 3 rings (SSSR count).